The predicted octanol–water partition coefficient (Wildman–Crippen LogP) is 2.46. The first kappa shape index (κ1) is 21.1. The monoisotopic (exact) mass is 441 g/mol. The van der Waals surface area contributed by atoms with E-state index in [2.05, 4.69) is 15.5 Å². The molecular formula is C21H23N5O4S. The van der Waals surface area contributed by atoms with Crippen molar-refractivity contribution in [3.8, 4) is 11.4 Å². The number of hydrogen-bond donors (Lipinski definition) is 1. The summed E-state index contributed by atoms with van der Waals surface area (Å²) in [5.74, 6) is 0.0165. The topological polar surface area (TPSA) is 112 Å². The van der Waals surface area contributed by atoms with Crippen molar-refractivity contribution in [2.24, 2.45) is 0 Å². The Morgan fingerprint density at radius 2 is 2.10 bits per heavy atom. The van der Waals surface area contributed by atoms with Crippen molar-refractivity contribution in [2.45, 2.75) is 50.6 Å². The lowest BCUT2D eigenvalue weighted by atomic mass is 10.1. The van der Waals surface area contributed by atoms with Crippen LogP contribution in [0.25, 0.3) is 11.4 Å². The number of amides is 1. The van der Waals surface area contributed by atoms with Crippen molar-refractivity contribution in [3.63, 3.8) is 0 Å². The number of benzene rings is 1. The first-order chi connectivity index (χ1) is 15.0. The highest BCUT2D eigenvalue weighted by Gasteiger charge is 2.25. The highest BCUT2D eigenvalue weighted by Crippen LogP contribution is 2.22. The van der Waals surface area contributed by atoms with Gasteiger partial charge in [-0.1, -0.05) is 17.6 Å². The molecule has 2 aromatic heterocycles. The van der Waals surface area contributed by atoms with E-state index in [0.29, 0.717) is 30.2 Å². The number of fused-ring (bicyclic) bond motifs is 1. The number of carbonyl (C=O) groups excluding carboxylic acids is 1. The SMILES string of the molecule is CSc1cccc(NC(=O)Cn2c(=O)c(-c3noc(C)n3)c3n(c2=O)CCCCC3)c1. The van der Waals surface area contributed by atoms with Gasteiger partial charge in [0, 0.05) is 29.7 Å². The van der Waals surface area contributed by atoms with Crippen molar-refractivity contribution < 1.29 is 9.32 Å². The third-order valence-corrected chi connectivity index (χ3v) is 5.96. The Kier molecular flexibility index (Phi) is 6.08. The first-order valence-electron chi connectivity index (χ1n) is 10.1. The van der Waals surface area contributed by atoms with Crippen LogP contribution in [0, 0.1) is 6.92 Å². The van der Waals surface area contributed by atoms with E-state index in [0.717, 1.165) is 28.7 Å². The molecule has 10 heteroatoms. The van der Waals surface area contributed by atoms with Gasteiger partial charge >= 0.3 is 5.69 Å². The molecule has 0 spiro atoms. The molecule has 1 aliphatic heterocycles. The van der Waals surface area contributed by atoms with Gasteiger partial charge in [0.05, 0.1) is 0 Å². The third kappa shape index (κ3) is 4.34. The van der Waals surface area contributed by atoms with Crippen LogP contribution < -0.4 is 16.6 Å². The standard InChI is InChI=1S/C21H23N5O4S/c1-13-22-19(24-30-13)18-16-9-4-3-5-10-25(16)21(29)26(20(18)28)12-17(27)23-14-7-6-8-15(11-14)31-2/h6-8,11H,3-5,9-10,12H2,1-2H3,(H,23,27). The Morgan fingerprint density at radius 1 is 1.26 bits per heavy atom. The molecule has 1 aliphatic rings. The predicted molar refractivity (Wildman–Crippen MR) is 117 cm³/mol. The summed E-state index contributed by atoms with van der Waals surface area (Å²) in [5.41, 5.74) is 0.382. The summed E-state index contributed by atoms with van der Waals surface area (Å²) >= 11 is 1.56. The van der Waals surface area contributed by atoms with Crippen molar-refractivity contribution >= 4 is 23.4 Å². The summed E-state index contributed by atoms with van der Waals surface area (Å²) in [6.45, 7) is 1.72. The summed E-state index contributed by atoms with van der Waals surface area (Å²) in [6, 6.07) is 7.37. The largest absolute Gasteiger partial charge is 0.339 e. The van der Waals surface area contributed by atoms with Crippen molar-refractivity contribution in [3.05, 3.63) is 56.7 Å². The van der Waals surface area contributed by atoms with E-state index in [9.17, 15) is 14.4 Å². The average molecular weight is 442 g/mol. The zero-order valence-electron chi connectivity index (χ0n) is 17.4. The van der Waals surface area contributed by atoms with E-state index in [1.165, 1.54) is 0 Å². The quantitative estimate of drug-likeness (QED) is 0.605. The second-order valence-electron chi connectivity index (χ2n) is 7.37. The summed E-state index contributed by atoms with van der Waals surface area (Å²) in [7, 11) is 0. The molecular weight excluding hydrogens is 418 g/mol. The van der Waals surface area contributed by atoms with Crippen LogP contribution in [0.15, 0.2) is 43.3 Å². The summed E-state index contributed by atoms with van der Waals surface area (Å²) < 4.78 is 7.61. The van der Waals surface area contributed by atoms with Gasteiger partial charge in [0.2, 0.25) is 17.6 Å². The Bertz CT molecular complexity index is 1240. The lowest BCUT2D eigenvalue weighted by Gasteiger charge is -2.16. The molecule has 3 aromatic rings. The van der Waals surface area contributed by atoms with Gasteiger partial charge in [0.15, 0.2) is 0 Å². The number of aromatic nitrogens is 4. The maximum atomic E-state index is 13.3. The van der Waals surface area contributed by atoms with Gasteiger partial charge in [-0.05, 0) is 43.7 Å². The van der Waals surface area contributed by atoms with Crippen LogP contribution in [0.1, 0.15) is 30.8 Å². The molecule has 0 radical (unpaired) electrons. The number of rotatable bonds is 5. The smallest absolute Gasteiger partial charge is 0.331 e. The highest BCUT2D eigenvalue weighted by atomic mass is 32.2. The molecule has 4 rings (SSSR count). The molecule has 31 heavy (non-hydrogen) atoms. The Balaban J connectivity index is 1.75. The minimum Gasteiger partial charge on any atom is -0.339 e. The van der Waals surface area contributed by atoms with Crippen molar-refractivity contribution in [1.82, 2.24) is 19.3 Å². The number of carbonyl (C=O) groups is 1. The van der Waals surface area contributed by atoms with Gasteiger partial charge in [0.1, 0.15) is 12.1 Å². The number of anilines is 1. The van der Waals surface area contributed by atoms with E-state index < -0.39 is 23.7 Å². The molecule has 1 aromatic carbocycles. The van der Waals surface area contributed by atoms with Gasteiger partial charge in [-0.15, -0.1) is 11.8 Å². The van der Waals surface area contributed by atoms with Crippen LogP contribution in [0.4, 0.5) is 5.69 Å². The molecule has 0 aliphatic carbocycles. The minimum absolute atomic E-state index is 0.148. The van der Waals surface area contributed by atoms with Gasteiger partial charge in [-0.25, -0.2) is 4.79 Å². The zero-order valence-corrected chi connectivity index (χ0v) is 18.2. The second-order valence-corrected chi connectivity index (χ2v) is 8.25. The van der Waals surface area contributed by atoms with E-state index in [1.54, 1.807) is 29.3 Å². The molecule has 3 heterocycles. The van der Waals surface area contributed by atoms with Crippen LogP contribution in [0.2, 0.25) is 0 Å². The fraction of sp³-hybridized carbons (Fsp3) is 0.381. The lowest BCUT2D eigenvalue weighted by Crippen LogP contribution is -2.44. The van der Waals surface area contributed by atoms with Crippen LogP contribution in [0.3, 0.4) is 0 Å². The number of nitrogens with zero attached hydrogens (tertiary/aromatic N) is 4. The Hall–Kier alpha value is -3.14. The summed E-state index contributed by atoms with van der Waals surface area (Å²) in [5, 5.41) is 6.67. The minimum atomic E-state index is -0.577. The van der Waals surface area contributed by atoms with Crippen LogP contribution in [-0.2, 0) is 24.3 Å². The molecule has 0 unspecified atom stereocenters. The number of thioether (sulfide) groups is 1. The lowest BCUT2D eigenvalue weighted by molar-refractivity contribution is -0.116. The molecule has 0 saturated heterocycles. The van der Waals surface area contributed by atoms with Crippen LogP contribution in [0.5, 0.6) is 0 Å². The Morgan fingerprint density at radius 3 is 2.84 bits per heavy atom. The number of nitrogens with one attached hydrogen (secondary N) is 1. The number of aryl methyl sites for hydroxylation is 1. The fourth-order valence-electron chi connectivity index (χ4n) is 3.78. The van der Waals surface area contributed by atoms with Crippen molar-refractivity contribution in [2.75, 3.05) is 11.6 Å². The fourth-order valence-corrected chi connectivity index (χ4v) is 4.24. The van der Waals surface area contributed by atoms with Crippen LogP contribution >= 0.6 is 11.8 Å². The maximum Gasteiger partial charge on any atom is 0.331 e. The van der Waals surface area contributed by atoms with E-state index in [1.807, 2.05) is 24.5 Å². The van der Waals surface area contributed by atoms with Crippen LogP contribution in [-0.4, -0.2) is 31.4 Å². The number of hydrogen-bond acceptors (Lipinski definition) is 7. The average Bonchev–Trinajstić information content (AvgIpc) is 3.03. The van der Waals surface area contributed by atoms with E-state index >= 15 is 0 Å². The Labute approximate surface area is 182 Å². The highest BCUT2D eigenvalue weighted by molar-refractivity contribution is 7.98. The summed E-state index contributed by atoms with van der Waals surface area (Å²) in [4.78, 5) is 44.4. The molecule has 9 nitrogen and oxygen atoms in total. The van der Waals surface area contributed by atoms with Crippen molar-refractivity contribution in [1.29, 1.82) is 0 Å². The molecule has 1 N–H and O–H groups in total. The third-order valence-electron chi connectivity index (χ3n) is 5.24. The first-order valence-corrected chi connectivity index (χ1v) is 11.3. The maximum absolute atomic E-state index is 13.3. The molecule has 0 saturated carbocycles. The normalized spacial score (nSPS) is 13.5. The van der Waals surface area contributed by atoms with E-state index in [-0.39, 0.29) is 11.4 Å². The molecule has 0 bridgehead atoms. The van der Waals surface area contributed by atoms with Gasteiger partial charge < -0.3 is 9.84 Å². The second kappa shape index (κ2) is 8.93. The van der Waals surface area contributed by atoms with Gasteiger partial charge in [0.25, 0.3) is 5.56 Å². The molecule has 0 atom stereocenters. The molecule has 0 fully saturated rings. The zero-order chi connectivity index (χ0) is 22.0. The van der Waals surface area contributed by atoms with E-state index in [4.69, 9.17) is 4.52 Å². The summed E-state index contributed by atoms with van der Waals surface area (Å²) in [6.07, 6.45) is 5.15. The van der Waals surface area contributed by atoms with Gasteiger partial charge in [-0.3, -0.25) is 18.7 Å². The molecule has 1 amide bonds. The van der Waals surface area contributed by atoms with Gasteiger partial charge in [-0.2, -0.15) is 4.98 Å². The molecule has 162 valence electrons.